The first-order chi connectivity index (χ1) is 12.1. The van der Waals surface area contributed by atoms with Crippen molar-refractivity contribution in [2.45, 2.75) is 25.8 Å². The fourth-order valence-electron chi connectivity index (χ4n) is 3.56. The Morgan fingerprint density at radius 3 is 2.48 bits per heavy atom. The van der Waals surface area contributed by atoms with E-state index >= 15 is 0 Å². The van der Waals surface area contributed by atoms with Crippen LogP contribution in [0.25, 0.3) is 11.0 Å². The summed E-state index contributed by atoms with van der Waals surface area (Å²) in [5, 5.41) is 2.66. The molecule has 0 saturated carbocycles. The fourth-order valence-corrected chi connectivity index (χ4v) is 3.56. The van der Waals surface area contributed by atoms with E-state index in [0.717, 1.165) is 15.9 Å². The quantitative estimate of drug-likeness (QED) is 0.659. The number of rotatable bonds is 3. The summed E-state index contributed by atoms with van der Waals surface area (Å²) >= 11 is 0. The Hall–Kier alpha value is -2.96. The number of carbonyl (C=O) groups excluding carboxylic acids is 3. The SMILES string of the molecule is C[C@@H](C(=O)Nc1nc2ccccc2[nH]1)N1C(=O)[C@H]2CC=CC[C@H]2C1=O. The van der Waals surface area contributed by atoms with Crippen molar-refractivity contribution in [2.24, 2.45) is 11.8 Å². The lowest BCUT2D eigenvalue weighted by molar-refractivity contribution is -0.146. The Morgan fingerprint density at radius 2 is 1.84 bits per heavy atom. The van der Waals surface area contributed by atoms with E-state index in [1.807, 2.05) is 36.4 Å². The molecule has 2 heterocycles. The van der Waals surface area contributed by atoms with Crippen LogP contribution >= 0.6 is 0 Å². The van der Waals surface area contributed by atoms with Crippen molar-refractivity contribution >= 4 is 34.7 Å². The number of para-hydroxylation sites is 2. The van der Waals surface area contributed by atoms with Crippen LogP contribution in [0, 0.1) is 11.8 Å². The molecule has 3 amide bonds. The molecule has 0 radical (unpaired) electrons. The van der Waals surface area contributed by atoms with Crippen LogP contribution in [0.5, 0.6) is 0 Å². The maximum atomic E-state index is 12.6. The molecule has 3 atom stereocenters. The fraction of sp³-hybridized carbons (Fsp3) is 0.333. The lowest BCUT2D eigenvalue weighted by atomic mass is 9.85. The molecule has 1 fully saturated rings. The second-order valence-electron chi connectivity index (χ2n) is 6.47. The monoisotopic (exact) mass is 338 g/mol. The van der Waals surface area contributed by atoms with E-state index in [0.29, 0.717) is 18.8 Å². The van der Waals surface area contributed by atoms with Crippen LogP contribution in [0.1, 0.15) is 19.8 Å². The lowest BCUT2D eigenvalue weighted by Crippen LogP contribution is -2.46. The number of aromatic nitrogens is 2. The highest BCUT2D eigenvalue weighted by Crippen LogP contribution is 2.36. The zero-order chi connectivity index (χ0) is 17.6. The van der Waals surface area contributed by atoms with Crippen molar-refractivity contribution in [1.82, 2.24) is 14.9 Å². The number of nitrogens with one attached hydrogen (secondary N) is 2. The highest BCUT2D eigenvalue weighted by molar-refractivity contribution is 6.09. The number of benzene rings is 1. The molecule has 0 spiro atoms. The van der Waals surface area contributed by atoms with Gasteiger partial charge in [0.2, 0.25) is 23.7 Å². The van der Waals surface area contributed by atoms with Gasteiger partial charge in [0.15, 0.2) is 0 Å². The number of likely N-dealkylation sites (tertiary alicyclic amines) is 1. The van der Waals surface area contributed by atoms with Crippen LogP contribution in [-0.2, 0) is 14.4 Å². The molecule has 2 N–H and O–H groups in total. The molecule has 1 aromatic carbocycles. The standard InChI is InChI=1S/C18H18N4O3/c1-10(22-16(24)11-6-2-3-7-12(11)17(22)25)15(23)21-18-19-13-8-4-5-9-14(13)20-18/h2-5,8-12H,6-7H2,1H3,(H2,19,20,21,23)/t10-,11-,12+/m0/s1. The summed E-state index contributed by atoms with van der Waals surface area (Å²) in [6.07, 6.45) is 4.97. The van der Waals surface area contributed by atoms with E-state index in [1.165, 1.54) is 0 Å². The molecule has 1 aliphatic heterocycles. The first kappa shape index (κ1) is 15.6. The summed E-state index contributed by atoms with van der Waals surface area (Å²) in [7, 11) is 0. The second-order valence-corrected chi connectivity index (χ2v) is 6.47. The molecule has 7 heteroatoms. The largest absolute Gasteiger partial charge is 0.324 e. The molecule has 1 aromatic heterocycles. The topological polar surface area (TPSA) is 95.2 Å². The van der Waals surface area contributed by atoms with Crippen molar-refractivity contribution in [3.63, 3.8) is 0 Å². The van der Waals surface area contributed by atoms with Gasteiger partial charge in [0.25, 0.3) is 0 Å². The number of imidazole rings is 1. The molecular formula is C18H18N4O3. The van der Waals surface area contributed by atoms with E-state index in [1.54, 1.807) is 6.92 Å². The number of anilines is 1. The summed E-state index contributed by atoms with van der Waals surface area (Å²) in [6.45, 7) is 1.57. The van der Waals surface area contributed by atoms with Gasteiger partial charge in [-0.3, -0.25) is 24.6 Å². The van der Waals surface area contributed by atoms with Gasteiger partial charge in [0, 0.05) is 0 Å². The third-order valence-electron chi connectivity index (χ3n) is 4.94. The number of hydrogen-bond acceptors (Lipinski definition) is 4. The number of allylic oxidation sites excluding steroid dienone is 2. The minimum Gasteiger partial charge on any atom is -0.324 e. The van der Waals surface area contributed by atoms with Gasteiger partial charge in [-0.05, 0) is 31.9 Å². The van der Waals surface area contributed by atoms with E-state index in [9.17, 15) is 14.4 Å². The van der Waals surface area contributed by atoms with Crippen molar-refractivity contribution in [3.05, 3.63) is 36.4 Å². The van der Waals surface area contributed by atoms with Gasteiger partial charge < -0.3 is 4.98 Å². The average molecular weight is 338 g/mol. The molecule has 25 heavy (non-hydrogen) atoms. The highest BCUT2D eigenvalue weighted by Gasteiger charge is 2.50. The second kappa shape index (κ2) is 5.84. The Bertz CT molecular complexity index is 842. The predicted molar refractivity (Wildman–Crippen MR) is 91.4 cm³/mol. The Morgan fingerprint density at radius 1 is 1.20 bits per heavy atom. The van der Waals surface area contributed by atoms with Crippen molar-refractivity contribution in [3.8, 4) is 0 Å². The Labute approximate surface area is 144 Å². The van der Waals surface area contributed by atoms with Crippen LogP contribution in [0.3, 0.4) is 0 Å². The first-order valence-electron chi connectivity index (χ1n) is 8.34. The van der Waals surface area contributed by atoms with E-state index < -0.39 is 11.9 Å². The molecule has 2 aliphatic rings. The number of H-pyrrole nitrogens is 1. The van der Waals surface area contributed by atoms with Gasteiger partial charge in [0.1, 0.15) is 6.04 Å². The minimum absolute atomic E-state index is 0.258. The van der Waals surface area contributed by atoms with Gasteiger partial charge in [-0.2, -0.15) is 0 Å². The molecule has 4 rings (SSSR count). The molecular weight excluding hydrogens is 320 g/mol. The number of aromatic amines is 1. The lowest BCUT2D eigenvalue weighted by Gasteiger charge is -2.21. The molecule has 0 bridgehead atoms. The zero-order valence-corrected chi connectivity index (χ0v) is 13.7. The van der Waals surface area contributed by atoms with Crippen molar-refractivity contribution in [1.29, 1.82) is 0 Å². The van der Waals surface area contributed by atoms with E-state index in [-0.39, 0.29) is 23.7 Å². The molecule has 128 valence electrons. The number of carbonyl (C=O) groups is 3. The number of fused-ring (bicyclic) bond motifs is 2. The molecule has 1 saturated heterocycles. The van der Waals surface area contributed by atoms with E-state index in [2.05, 4.69) is 15.3 Å². The number of hydrogen-bond donors (Lipinski definition) is 2. The van der Waals surface area contributed by atoms with Crippen molar-refractivity contribution < 1.29 is 14.4 Å². The maximum Gasteiger partial charge on any atom is 0.249 e. The summed E-state index contributed by atoms with van der Waals surface area (Å²) in [6, 6.07) is 6.53. The third kappa shape index (κ3) is 2.52. The highest BCUT2D eigenvalue weighted by atomic mass is 16.2. The minimum atomic E-state index is -0.876. The number of amides is 3. The number of imide groups is 1. The van der Waals surface area contributed by atoms with E-state index in [4.69, 9.17) is 0 Å². The maximum absolute atomic E-state index is 12.6. The first-order valence-corrected chi connectivity index (χ1v) is 8.34. The normalized spacial score (nSPS) is 23.8. The number of nitrogens with zero attached hydrogens (tertiary/aromatic N) is 2. The summed E-state index contributed by atoms with van der Waals surface area (Å²) in [5.74, 6) is -1.32. The van der Waals surface area contributed by atoms with Gasteiger partial charge in [-0.25, -0.2) is 4.98 Å². The molecule has 2 aromatic rings. The van der Waals surface area contributed by atoms with Crippen molar-refractivity contribution in [2.75, 3.05) is 5.32 Å². The zero-order valence-electron chi connectivity index (χ0n) is 13.7. The predicted octanol–water partition coefficient (Wildman–Crippen LogP) is 1.84. The average Bonchev–Trinajstić information content (AvgIpc) is 3.13. The third-order valence-corrected chi connectivity index (χ3v) is 4.94. The van der Waals surface area contributed by atoms with Gasteiger partial charge in [-0.1, -0.05) is 24.3 Å². The molecule has 7 nitrogen and oxygen atoms in total. The summed E-state index contributed by atoms with van der Waals surface area (Å²) in [4.78, 5) is 46.1. The van der Waals surface area contributed by atoms with Gasteiger partial charge in [-0.15, -0.1) is 0 Å². The van der Waals surface area contributed by atoms with Gasteiger partial charge >= 0.3 is 0 Å². The Kier molecular flexibility index (Phi) is 3.63. The van der Waals surface area contributed by atoms with Crippen LogP contribution in [-0.4, -0.2) is 38.6 Å². The van der Waals surface area contributed by atoms with Crippen LogP contribution in [0.15, 0.2) is 36.4 Å². The summed E-state index contributed by atoms with van der Waals surface area (Å²) in [5.41, 5.74) is 1.53. The smallest absolute Gasteiger partial charge is 0.249 e. The van der Waals surface area contributed by atoms with Crippen LogP contribution in [0.2, 0.25) is 0 Å². The van der Waals surface area contributed by atoms with Crippen LogP contribution in [0.4, 0.5) is 5.95 Å². The molecule has 1 aliphatic carbocycles. The Balaban J connectivity index is 1.52. The molecule has 0 unspecified atom stereocenters. The summed E-state index contributed by atoms with van der Waals surface area (Å²) < 4.78 is 0. The van der Waals surface area contributed by atoms with Gasteiger partial charge in [0.05, 0.1) is 22.9 Å². The van der Waals surface area contributed by atoms with Crippen LogP contribution < -0.4 is 5.32 Å².